The summed E-state index contributed by atoms with van der Waals surface area (Å²) >= 11 is 0. The number of nitro benzene ring substituents is 2. The molecule has 0 aliphatic carbocycles. The van der Waals surface area contributed by atoms with Crippen LogP contribution in [0.1, 0.15) is 5.56 Å². The number of alkyl halides is 3. The van der Waals surface area contributed by atoms with Gasteiger partial charge in [0.15, 0.2) is 5.69 Å². The number of nitrogens with zero attached hydrogens (tertiary/aromatic N) is 4. The zero-order valence-corrected chi connectivity index (χ0v) is 13.6. The van der Waals surface area contributed by atoms with Gasteiger partial charge < -0.3 is 9.64 Å². The number of ether oxygens (including phenoxy) is 1. The first-order valence-corrected chi connectivity index (χ1v) is 7.70. The summed E-state index contributed by atoms with van der Waals surface area (Å²) in [6.07, 6.45) is -5.26. The fraction of sp³-hybridized carbons (Fsp3) is 0.571. The lowest BCUT2D eigenvalue weighted by Gasteiger charge is -2.33. The predicted molar refractivity (Wildman–Crippen MR) is 83.1 cm³/mol. The molecule has 0 bridgehead atoms. The number of morpholine rings is 1. The van der Waals surface area contributed by atoms with Gasteiger partial charge in [-0.25, -0.2) is 0 Å². The van der Waals surface area contributed by atoms with Crippen LogP contribution >= 0.6 is 0 Å². The highest BCUT2D eigenvalue weighted by Gasteiger charge is 2.45. The van der Waals surface area contributed by atoms with Crippen LogP contribution in [0, 0.1) is 20.2 Å². The molecule has 2 aliphatic rings. The highest BCUT2D eigenvalue weighted by Crippen LogP contribution is 2.44. The zero-order chi connectivity index (χ0) is 19.2. The van der Waals surface area contributed by atoms with E-state index >= 15 is 0 Å². The SMILES string of the molecule is CN1CCOC2CN(c3c([N+](=O)[O-])cc(C(F)(F)F)cc3[N+](=O)[O-])CC21. The molecule has 2 saturated heterocycles. The summed E-state index contributed by atoms with van der Waals surface area (Å²) in [6, 6.07) is 0.536. The number of rotatable bonds is 3. The molecule has 2 heterocycles. The minimum absolute atomic E-state index is 0.127. The van der Waals surface area contributed by atoms with Gasteiger partial charge in [-0.3, -0.25) is 25.1 Å². The molecular formula is C14H15F3N4O5. The average Bonchev–Trinajstić information content (AvgIpc) is 2.97. The second kappa shape index (κ2) is 6.36. The van der Waals surface area contributed by atoms with Crippen molar-refractivity contribution in [2.24, 2.45) is 0 Å². The van der Waals surface area contributed by atoms with Gasteiger partial charge >= 0.3 is 6.18 Å². The molecule has 0 radical (unpaired) electrons. The van der Waals surface area contributed by atoms with Crippen LogP contribution in [0.4, 0.5) is 30.2 Å². The average molecular weight is 376 g/mol. The van der Waals surface area contributed by atoms with E-state index in [1.807, 2.05) is 11.9 Å². The van der Waals surface area contributed by atoms with Gasteiger partial charge in [0.05, 0.1) is 34.2 Å². The summed E-state index contributed by atoms with van der Waals surface area (Å²) in [7, 11) is 1.83. The molecule has 12 heteroatoms. The second-order valence-corrected chi connectivity index (χ2v) is 6.24. The van der Waals surface area contributed by atoms with Crippen molar-refractivity contribution in [3.8, 4) is 0 Å². The van der Waals surface area contributed by atoms with Gasteiger partial charge in [0.25, 0.3) is 11.4 Å². The van der Waals surface area contributed by atoms with E-state index in [0.29, 0.717) is 25.3 Å². The second-order valence-electron chi connectivity index (χ2n) is 6.24. The monoisotopic (exact) mass is 376 g/mol. The van der Waals surface area contributed by atoms with E-state index < -0.39 is 38.6 Å². The molecule has 0 N–H and O–H groups in total. The van der Waals surface area contributed by atoms with Crippen molar-refractivity contribution in [1.82, 2.24) is 4.90 Å². The third-order valence-electron chi connectivity index (χ3n) is 4.69. The molecule has 0 aromatic heterocycles. The lowest BCUT2D eigenvalue weighted by atomic mass is 10.1. The predicted octanol–water partition coefficient (Wildman–Crippen LogP) is 2.04. The van der Waals surface area contributed by atoms with Crippen molar-refractivity contribution < 1.29 is 27.8 Å². The minimum Gasteiger partial charge on any atom is -0.373 e. The first-order valence-electron chi connectivity index (χ1n) is 7.70. The molecule has 142 valence electrons. The lowest BCUT2D eigenvalue weighted by molar-refractivity contribution is -0.393. The fourth-order valence-electron chi connectivity index (χ4n) is 3.41. The van der Waals surface area contributed by atoms with E-state index in [-0.39, 0.29) is 25.2 Å². The van der Waals surface area contributed by atoms with Gasteiger partial charge in [-0.2, -0.15) is 13.2 Å². The van der Waals surface area contributed by atoms with Crippen LogP contribution in [0.25, 0.3) is 0 Å². The van der Waals surface area contributed by atoms with Crippen molar-refractivity contribution in [2.45, 2.75) is 18.3 Å². The Morgan fingerprint density at radius 3 is 2.19 bits per heavy atom. The molecule has 0 spiro atoms. The molecule has 1 aromatic carbocycles. The maximum Gasteiger partial charge on any atom is 0.416 e. The van der Waals surface area contributed by atoms with E-state index in [4.69, 9.17) is 4.74 Å². The molecular weight excluding hydrogens is 361 g/mol. The van der Waals surface area contributed by atoms with Crippen molar-refractivity contribution in [1.29, 1.82) is 0 Å². The molecule has 0 amide bonds. The van der Waals surface area contributed by atoms with Crippen molar-refractivity contribution in [3.63, 3.8) is 0 Å². The largest absolute Gasteiger partial charge is 0.416 e. The smallest absolute Gasteiger partial charge is 0.373 e. The Bertz CT molecular complexity index is 722. The Morgan fingerprint density at radius 2 is 1.73 bits per heavy atom. The van der Waals surface area contributed by atoms with Gasteiger partial charge in [0.1, 0.15) is 0 Å². The summed E-state index contributed by atoms with van der Waals surface area (Å²) < 4.78 is 44.6. The first kappa shape index (κ1) is 18.3. The first-order chi connectivity index (χ1) is 12.1. The van der Waals surface area contributed by atoms with Crippen LogP contribution < -0.4 is 4.90 Å². The molecule has 9 nitrogen and oxygen atoms in total. The third kappa shape index (κ3) is 3.17. The van der Waals surface area contributed by atoms with E-state index in [1.165, 1.54) is 4.90 Å². The van der Waals surface area contributed by atoms with Gasteiger partial charge in [-0.1, -0.05) is 0 Å². The van der Waals surface area contributed by atoms with E-state index in [0.717, 1.165) is 0 Å². The van der Waals surface area contributed by atoms with Crippen molar-refractivity contribution in [2.75, 3.05) is 38.2 Å². The normalized spacial score (nSPS) is 23.8. The molecule has 2 aliphatic heterocycles. The fourth-order valence-corrected chi connectivity index (χ4v) is 3.41. The Balaban J connectivity index is 2.11. The Morgan fingerprint density at radius 1 is 1.15 bits per heavy atom. The Hall–Kier alpha value is -2.47. The maximum absolute atomic E-state index is 13.0. The van der Waals surface area contributed by atoms with Crippen molar-refractivity contribution in [3.05, 3.63) is 37.9 Å². The van der Waals surface area contributed by atoms with Crippen LogP contribution in [0.5, 0.6) is 0 Å². The maximum atomic E-state index is 13.0. The van der Waals surface area contributed by atoms with Crippen molar-refractivity contribution >= 4 is 17.1 Å². The number of benzene rings is 1. The summed E-state index contributed by atoms with van der Waals surface area (Å²) in [5.41, 5.74) is -3.72. The van der Waals surface area contributed by atoms with Crippen LogP contribution in [-0.2, 0) is 10.9 Å². The summed E-state index contributed by atoms with van der Waals surface area (Å²) in [4.78, 5) is 24.0. The van der Waals surface area contributed by atoms with Gasteiger partial charge in [0, 0.05) is 31.8 Å². The Kier molecular flexibility index (Phi) is 4.48. The minimum atomic E-state index is -4.93. The van der Waals surface area contributed by atoms with Crippen LogP contribution in [0.3, 0.4) is 0 Å². The molecule has 0 saturated carbocycles. The summed E-state index contributed by atoms with van der Waals surface area (Å²) in [6.45, 7) is 1.39. The number of halogens is 3. The third-order valence-corrected chi connectivity index (χ3v) is 4.69. The summed E-state index contributed by atoms with van der Waals surface area (Å²) in [5.74, 6) is 0. The Labute approximate surface area is 145 Å². The standard InChI is InChI=1S/C14H15F3N4O5/c1-18-2-3-26-12-7-19(6-11(12)18)13-9(20(22)23)4-8(14(15,16)17)5-10(13)21(24)25/h4-5,11-12H,2-3,6-7H2,1H3. The topological polar surface area (TPSA) is 102 Å². The van der Waals surface area contributed by atoms with E-state index in [2.05, 4.69) is 0 Å². The highest BCUT2D eigenvalue weighted by atomic mass is 19.4. The quantitative estimate of drug-likeness (QED) is 0.588. The van der Waals surface area contributed by atoms with E-state index in [1.54, 1.807) is 0 Å². The van der Waals surface area contributed by atoms with E-state index in [9.17, 15) is 33.4 Å². The molecule has 2 fully saturated rings. The molecule has 26 heavy (non-hydrogen) atoms. The number of hydrogen-bond acceptors (Lipinski definition) is 7. The van der Waals surface area contributed by atoms with Gasteiger partial charge in [0.2, 0.25) is 0 Å². The molecule has 3 rings (SSSR count). The van der Waals surface area contributed by atoms with Crippen LogP contribution in [-0.4, -0.2) is 60.2 Å². The highest BCUT2D eigenvalue weighted by molar-refractivity contribution is 5.77. The number of fused-ring (bicyclic) bond motifs is 1. The lowest BCUT2D eigenvalue weighted by Crippen LogP contribution is -2.48. The molecule has 2 unspecified atom stereocenters. The number of likely N-dealkylation sites (N-methyl/N-ethyl adjacent to an activating group) is 1. The van der Waals surface area contributed by atoms with Crippen LogP contribution in [0.15, 0.2) is 12.1 Å². The van der Waals surface area contributed by atoms with Crippen LogP contribution in [0.2, 0.25) is 0 Å². The number of anilines is 1. The van der Waals surface area contributed by atoms with Gasteiger partial charge in [-0.05, 0) is 7.05 Å². The molecule has 2 atom stereocenters. The zero-order valence-electron chi connectivity index (χ0n) is 13.6. The summed E-state index contributed by atoms with van der Waals surface area (Å²) in [5, 5.41) is 22.7. The molecule has 1 aromatic rings. The number of hydrogen-bond donors (Lipinski definition) is 0. The number of nitro groups is 2. The van der Waals surface area contributed by atoms with Gasteiger partial charge in [-0.15, -0.1) is 0 Å².